The van der Waals surface area contributed by atoms with Gasteiger partial charge in [-0.15, -0.1) is 11.8 Å². The zero-order chi connectivity index (χ0) is 13.2. The molecule has 1 unspecified atom stereocenters. The van der Waals surface area contributed by atoms with Gasteiger partial charge in [0.25, 0.3) is 0 Å². The molecule has 1 atom stereocenters. The van der Waals surface area contributed by atoms with E-state index in [0.717, 1.165) is 12.3 Å². The molecule has 106 valence electrons. The van der Waals surface area contributed by atoms with Gasteiger partial charge in [0.1, 0.15) is 0 Å². The minimum absolute atomic E-state index is 0. The molecule has 0 radical (unpaired) electrons. The van der Waals surface area contributed by atoms with E-state index in [0.29, 0.717) is 5.92 Å². The molecule has 1 heterocycles. The van der Waals surface area contributed by atoms with E-state index in [1.165, 1.54) is 21.6 Å². The Morgan fingerprint density at radius 2 is 1.65 bits per heavy atom. The van der Waals surface area contributed by atoms with Crippen LogP contribution in [0.15, 0.2) is 53.4 Å². The second kappa shape index (κ2) is 6.66. The Balaban J connectivity index is 0.00000147. The number of fused-ring (bicyclic) bond motifs is 2. The highest BCUT2D eigenvalue weighted by Gasteiger charge is 2.23. The highest BCUT2D eigenvalue weighted by Crippen LogP contribution is 2.40. The van der Waals surface area contributed by atoms with Crippen LogP contribution in [0.5, 0.6) is 0 Å². The van der Waals surface area contributed by atoms with Gasteiger partial charge in [-0.2, -0.15) is 0 Å². The van der Waals surface area contributed by atoms with Crippen LogP contribution in [0.2, 0.25) is 0 Å². The van der Waals surface area contributed by atoms with Crippen LogP contribution in [0.3, 0.4) is 0 Å². The third-order valence-electron chi connectivity index (χ3n) is 3.66. The van der Waals surface area contributed by atoms with Crippen molar-refractivity contribution in [2.45, 2.75) is 16.6 Å². The van der Waals surface area contributed by atoms with Crippen LogP contribution in [0.1, 0.15) is 22.6 Å². The lowest BCUT2D eigenvalue weighted by atomic mass is 9.88. The second-order valence-corrected chi connectivity index (χ2v) is 6.36. The van der Waals surface area contributed by atoms with Crippen molar-refractivity contribution in [1.82, 2.24) is 4.90 Å². The average Bonchev–Trinajstić information content (AvgIpc) is 2.57. The molecular formula is C17H19ClNS-. The maximum atomic E-state index is 2.30. The summed E-state index contributed by atoms with van der Waals surface area (Å²) in [4.78, 5) is 3.72. The molecule has 0 saturated heterocycles. The Morgan fingerprint density at radius 1 is 1.00 bits per heavy atom. The highest BCUT2D eigenvalue weighted by atomic mass is 35.5. The first-order valence-corrected chi connectivity index (χ1v) is 7.68. The van der Waals surface area contributed by atoms with Gasteiger partial charge < -0.3 is 17.3 Å². The van der Waals surface area contributed by atoms with Crippen LogP contribution >= 0.6 is 11.8 Å². The summed E-state index contributed by atoms with van der Waals surface area (Å²) in [5.74, 6) is 1.56. The quantitative estimate of drug-likeness (QED) is 0.814. The number of rotatable bonds is 2. The van der Waals surface area contributed by atoms with Crippen LogP contribution in [-0.4, -0.2) is 25.5 Å². The van der Waals surface area contributed by atoms with Crippen molar-refractivity contribution in [3.05, 3.63) is 65.2 Å². The van der Waals surface area contributed by atoms with E-state index in [9.17, 15) is 0 Å². The predicted octanol–water partition coefficient (Wildman–Crippen LogP) is 0.990. The monoisotopic (exact) mass is 304 g/mol. The van der Waals surface area contributed by atoms with Crippen LogP contribution in [0.4, 0.5) is 0 Å². The first-order chi connectivity index (χ1) is 9.25. The fraction of sp³-hybridized carbons (Fsp3) is 0.294. The van der Waals surface area contributed by atoms with E-state index in [1.54, 1.807) is 0 Å². The van der Waals surface area contributed by atoms with Crippen LogP contribution in [0.25, 0.3) is 0 Å². The molecule has 3 heteroatoms. The standard InChI is InChI=1S/C17H19NS.ClH/c1-18(2)11-16-14-8-4-3-7-13(14)12-19-17-10-6-5-9-15(16)17;/h3-10,16H,11-12H2,1-2H3;1H/p-1. The van der Waals surface area contributed by atoms with Crippen molar-refractivity contribution in [3.8, 4) is 0 Å². The largest absolute Gasteiger partial charge is 1.00 e. The number of thioether (sulfide) groups is 1. The van der Waals surface area contributed by atoms with Gasteiger partial charge in [-0.3, -0.25) is 0 Å². The lowest BCUT2D eigenvalue weighted by molar-refractivity contribution is -0.00000386. The molecule has 3 rings (SSSR count). The van der Waals surface area contributed by atoms with E-state index < -0.39 is 0 Å². The number of benzene rings is 2. The third-order valence-corrected chi connectivity index (χ3v) is 4.79. The molecule has 0 aromatic heterocycles. The molecule has 20 heavy (non-hydrogen) atoms. The Bertz CT molecular complexity index is 535. The molecule has 0 amide bonds. The SMILES string of the molecule is CN(C)CC1c2ccccc2CSc2ccccc21.[Cl-]. The van der Waals surface area contributed by atoms with Crippen molar-refractivity contribution in [3.63, 3.8) is 0 Å². The minimum atomic E-state index is 0. The maximum absolute atomic E-state index is 2.30. The average molecular weight is 305 g/mol. The summed E-state index contributed by atoms with van der Waals surface area (Å²) in [5.41, 5.74) is 4.45. The van der Waals surface area contributed by atoms with E-state index >= 15 is 0 Å². The molecule has 2 aromatic carbocycles. The van der Waals surface area contributed by atoms with Gasteiger partial charge in [-0.25, -0.2) is 0 Å². The first-order valence-electron chi connectivity index (χ1n) is 6.70. The Hall–Kier alpha value is -0.960. The number of hydrogen-bond donors (Lipinski definition) is 0. The number of likely N-dealkylation sites (N-methyl/N-ethyl adjacent to an activating group) is 1. The summed E-state index contributed by atoms with van der Waals surface area (Å²) in [5, 5.41) is 0. The number of hydrogen-bond acceptors (Lipinski definition) is 2. The van der Waals surface area contributed by atoms with Crippen molar-refractivity contribution in [2.75, 3.05) is 20.6 Å². The van der Waals surface area contributed by atoms with E-state index in [2.05, 4.69) is 67.5 Å². The lowest BCUT2D eigenvalue weighted by Gasteiger charge is -2.23. The summed E-state index contributed by atoms with van der Waals surface area (Å²) in [7, 11) is 4.31. The van der Waals surface area contributed by atoms with Crippen LogP contribution < -0.4 is 12.4 Å². The van der Waals surface area contributed by atoms with Gasteiger partial charge in [0, 0.05) is 23.1 Å². The smallest absolute Gasteiger partial charge is 0.0235 e. The second-order valence-electron chi connectivity index (χ2n) is 5.34. The maximum Gasteiger partial charge on any atom is 0.0235 e. The summed E-state index contributed by atoms with van der Waals surface area (Å²) in [6.45, 7) is 1.06. The molecule has 0 fully saturated rings. The Kier molecular flexibility index (Phi) is 5.14. The number of nitrogens with zero attached hydrogens (tertiary/aromatic N) is 1. The Labute approximate surface area is 131 Å². The summed E-state index contributed by atoms with van der Waals surface area (Å²) < 4.78 is 0. The van der Waals surface area contributed by atoms with Gasteiger partial charge in [0.05, 0.1) is 0 Å². The molecule has 1 aliphatic heterocycles. The number of halogens is 1. The van der Waals surface area contributed by atoms with E-state index in [4.69, 9.17) is 0 Å². The Morgan fingerprint density at radius 3 is 2.40 bits per heavy atom. The van der Waals surface area contributed by atoms with Crippen molar-refractivity contribution < 1.29 is 12.4 Å². The molecule has 1 aliphatic rings. The summed E-state index contributed by atoms with van der Waals surface area (Å²) >= 11 is 1.96. The van der Waals surface area contributed by atoms with Gasteiger partial charge in [-0.05, 0) is 36.9 Å². The summed E-state index contributed by atoms with van der Waals surface area (Å²) in [6.07, 6.45) is 0. The highest BCUT2D eigenvalue weighted by molar-refractivity contribution is 7.98. The van der Waals surface area contributed by atoms with Crippen molar-refractivity contribution in [2.24, 2.45) is 0 Å². The normalized spacial score (nSPS) is 16.9. The lowest BCUT2D eigenvalue weighted by Crippen LogP contribution is -3.00. The van der Waals surface area contributed by atoms with Crippen LogP contribution in [-0.2, 0) is 5.75 Å². The van der Waals surface area contributed by atoms with Gasteiger partial charge >= 0.3 is 0 Å². The summed E-state index contributed by atoms with van der Waals surface area (Å²) in [6, 6.07) is 17.8. The fourth-order valence-electron chi connectivity index (χ4n) is 2.79. The molecule has 0 spiro atoms. The molecular weight excluding hydrogens is 286 g/mol. The third kappa shape index (κ3) is 3.03. The van der Waals surface area contributed by atoms with Crippen molar-refractivity contribution in [1.29, 1.82) is 0 Å². The van der Waals surface area contributed by atoms with E-state index in [1.807, 2.05) is 11.8 Å². The zero-order valence-corrected chi connectivity index (χ0v) is 13.4. The van der Waals surface area contributed by atoms with Gasteiger partial charge in [-0.1, -0.05) is 42.5 Å². The fourth-order valence-corrected chi connectivity index (χ4v) is 3.92. The molecule has 0 N–H and O–H groups in total. The molecule has 2 aromatic rings. The minimum Gasteiger partial charge on any atom is -1.00 e. The molecule has 0 bridgehead atoms. The van der Waals surface area contributed by atoms with Crippen molar-refractivity contribution >= 4 is 11.8 Å². The van der Waals surface area contributed by atoms with Gasteiger partial charge in [0.2, 0.25) is 0 Å². The molecule has 0 saturated carbocycles. The van der Waals surface area contributed by atoms with E-state index in [-0.39, 0.29) is 12.4 Å². The van der Waals surface area contributed by atoms with Gasteiger partial charge in [0.15, 0.2) is 0 Å². The predicted molar refractivity (Wildman–Crippen MR) is 82.8 cm³/mol. The molecule has 0 aliphatic carbocycles. The zero-order valence-electron chi connectivity index (χ0n) is 11.8. The molecule has 1 nitrogen and oxygen atoms in total. The first kappa shape index (κ1) is 15.4. The van der Waals surface area contributed by atoms with Crippen LogP contribution in [0, 0.1) is 0 Å². The topological polar surface area (TPSA) is 3.24 Å².